The number of hydrogen-bond donors (Lipinski definition) is 1. The summed E-state index contributed by atoms with van der Waals surface area (Å²) in [6.07, 6.45) is 2.66. The highest BCUT2D eigenvalue weighted by Gasteiger charge is 2.20. The third kappa shape index (κ3) is 3.83. The molecule has 1 N–H and O–H groups in total. The van der Waals surface area contributed by atoms with Gasteiger partial charge in [0.1, 0.15) is 0 Å². The fourth-order valence-electron chi connectivity index (χ4n) is 3.19. The van der Waals surface area contributed by atoms with Crippen LogP contribution in [0.5, 0.6) is 0 Å². The number of nitrogens with one attached hydrogen (secondary N) is 1. The Morgan fingerprint density at radius 1 is 1.20 bits per heavy atom. The molecule has 0 amide bonds. The van der Waals surface area contributed by atoms with Crippen molar-refractivity contribution in [1.82, 2.24) is 10.2 Å². The lowest BCUT2D eigenvalue weighted by molar-refractivity contribution is 0.169. The lowest BCUT2D eigenvalue weighted by Gasteiger charge is -2.33. The Bertz CT molecular complexity index is 421. The molecule has 2 rings (SSSR count). The van der Waals surface area contributed by atoms with Crippen molar-refractivity contribution in [3.05, 3.63) is 34.9 Å². The van der Waals surface area contributed by atoms with E-state index in [9.17, 15) is 0 Å². The van der Waals surface area contributed by atoms with E-state index in [1.54, 1.807) is 0 Å². The number of hydrogen-bond acceptors (Lipinski definition) is 2. The molecule has 1 fully saturated rings. The van der Waals surface area contributed by atoms with Crippen molar-refractivity contribution < 1.29 is 0 Å². The van der Waals surface area contributed by atoms with Gasteiger partial charge in [0.15, 0.2) is 0 Å². The smallest absolute Gasteiger partial charge is 0.0319 e. The molecule has 0 aromatic heterocycles. The molecule has 0 saturated carbocycles. The zero-order valence-corrected chi connectivity index (χ0v) is 13.6. The molecule has 0 aliphatic carbocycles. The Morgan fingerprint density at radius 3 is 2.50 bits per heavy atom. The van der Waals surface area contributed by atoms with Crippen molar-refractivity contribution in [1.29, 1.82) is 0 Å². The number of rotatable bonds is 5. The maximum atomic E-state index is 3.46. The van der Waals surface area contributed by atoms with E-state index in [2.05, 4.69) is 56.1 Å². The minimum Gasteiger partial charge on any atom is -0.317 e. The average Bonchev–Trinajstić information content (AvgIpc) is 2.48. The fourth-order valence-corrected chi connectivity index (χ4v) is 3.19. The van der Waals surface area contributed by atoms with E-state index in [0.717, 1.165) is 12.5 Å². The van der Waals surface area contributed by atoms with E-state index in [0.29, 0.717) is 6.04 Å². The van der Waals surface area contributed by atoms with Gasteiger partial charge in [-0.2, -0.15) is 0 Å². The summed E-state index contributed by atoms with van der Waals surface area (Å²) in [4.78, 5) is 2.64. The highest BCUT2D eigenvalue weighted by atomic mass is 15.1. The summed E-state index contributed by atoms with van der Waals surface area (Å²) in [5.41, 5.74) is 4.26. The van der Waals surface area contributed by atoms with Crippen molar-refractivity contribution >= 4 is 0 Å². The quantitative estimate of drug-likeness (QED) is 0.881. The Balaban J connectivity index is 2.03. The standard InChI is InChI=1S/C18H30N2/c1-5-20(13-17-8-10-19-11-9-17)16(4)18-7-6-14(2)15(3)12-18/h6-7,12,16-17,19H,5,8-11,13H2,1-4H3. The Morgan fingerprint density at radius 2 is 1.90 bits per heavy atom. The molecular formula is C18H30N2. The van der Waals surface area contributed by atoms with Crippen LogP contribution in [0.1, 0.15) is 49.4 Å². The zero-order valence-electron chi connectivity index (χ0n) is 13.6. The number of aryl methyl sites for hydroxylation is 2. The Hall–Kier alpha value is -0.860. The van der Waals surface area contributed by atoms with Crippen LogP contribution in [-0.4, -0.2) is 31.1 Å². The largest absolute Gasteiger partial charge is 0.317 e. The molecule has 1 heterocycles. The second-order valence-corrected chi connectivity index (χ2v) is 6.30. The van der Waals surface area contributed by atoms with Gasteiger partial charge in [0.2, 0.25) is 0 Å². The van der Waals surface area contributed by atoms with Crippen molar-refractivity contribution in [2.45, 2.75) is 46.6 Å². The van der Waals surface area contributed by atoms with Crippen LogP contribution < -0.4 is 5.32 Å². The third-order valence-electron chi connectivity index (χ3n) is 4.92. The predicted molar refractivity (Wildman–Crippen MR) is 87.2 cm³/mol. The molecule has 1 aromatic rings. The first kappa shape index (κ1) is 15.5. The molecule has 0 bridgehead atoms. The second kappa shape index (κ2) is 7.24. The average molecular weight is 274 g/mol. The first-order chi connectivity index (χ1) is 9.61. The summed E-state index contributed by atoms with van der Waals surface area (Å²) in [7, 11) is 0. The summed E-state index contributed by atoms with van der Waals surface area (Å²) in [5.74, 6) is 0.866. The van der Waals surface area contributed by atoms with Crippen molar-refractivity contribution in [2.24, 2.45) is 5.92 Å². The monoisotopic (exact) mass is 274 g/mol. The second-order valence-electron chi connectivity index (χ2n) is 6.30. The molecular weight excluding hydrogens is 244 g/mol. The summed E-state index contributed by atoms with van der Waals surface area (Å²) in [5, 5.41) is 3.46. The van der Waals surface area contributed by atoms with Crippen LogP contribution in [0.25, 0.3) is 0 Å². The Labute approximate surface area is 124 Å². The molecule has 0 radical (unpaired) electrons. The minimum atomic E-state index is 0.522. The highest BCUT2D eigenvalue weighted by Crippen LogP contribution is 2.25. The molecule has 1 aliphatic rings. The van der Waals surface area contributed by atoms with Gasteiger partial charge in [0, 0.05) is 12.6 Å². The SMILES string of the molecule is CCN(CC1CCNCC1)C(C)c1ccc(C)c(C)c1. The van der Waals surface area contributed by atoms with Crippen molar-refractivity contribution in [3.63, 3.8) is 0 Å². The molecule has 1 unspecified atom stereocenters. The van der Waals surface area contributed by atoms with Crippen molar-refractivity contribution in [2.75, 3.05) is 26.2 Å². The third-order valence-corrected chi connectivity index (χ3v) is 4.92. The minimum absolute atomic E-state index is 0.522. The predicted octanol–water partition coefficient (Wildman–Crippen LogP) is 3.69. The molecule has 1 aromatic carbocycles. The molecule has 1 atom stereocenters. The topological polar surface area (TPSA) is 15.3 Å². The fraction of sp³-hybridized carbons (Fsp3) is 0.667. The summed E-state index contributed by atoms with van der Waals surface area (Å²) in [6, 6.07) is 7.46. The van der Waals surface area contributed by atoms with Crippen LogP contribution in [0.2, 0.25) is 0 Å². The summed E-state index contributed by atoms with van der Waals surface area (Å²) >= 11 is 0. The first-order valence-electron chi connectivity index (χ1n) is 8.13. The van der Waals surface area contributed by atoms with E-state index in [4.69, 9.17) is 0 Å². The molecule has 1 aliphatic heterocycles. The highest BCUT2D eigenvalue weighted by molar-refractivity contribution is 5.31. The number of piperidine rings is 1. The molecule has 0 spiro atoms. The molecule has 2 nitrogen and oxygen atoms in total. The van der Waals surface area contributed by atoms with Crippen LogP contribution >= 0.6 is 0 Å². The van der Waals surface area contributed by atoms with Gasteiger partial charge in [-0.1, -0.05) is 25.1 Å². The first-order valence-corrected chi connectivity index (χ1v) is 8.13. The maximum absolute atomic E-state index is 3.46. The molecule has 112 valence electrons. The van der Waals surface area contributed by atoms with Gasteiger partial charge in [0.25, 0.3) is 0 Å². The lowest BCUT2D eigenvalue weighted by Crippen LogP contribution is -2.37. The van der Waals surface area contributed by atoms with E-state index in [1.807, 2.05) is 0 Å². The normalized spacial score (nSPS) is 18.4. The van der Waals surface area contributed by atoms with Crippen molar-refractivity contribution in [3.8, 4) is 0 Å². The summed E-state index contributed by atoms with van der Waals surface area (Å²) in [6.45, 7) is 13.8. The molecule has 1 saturated heterocycles. The Kier molecular flexibility index (Phi) is 5.62. The van der Waals surface area contributed by atoms with E-state index in [1.165, 1.54) is 49.2 Å². The van der Waals surface area contributed by atoms with Crippen LogP contribution in [0.3, 0.4) is 0 Å². The number of nitrogens with zero attached hydrogens (tertiary/aromatic N) is 1. The van der Waals surface area contributed by atoms with Crippen LogP contribution in [0.15, 0.2) is 18.2 Å². The van der Waals surface area contributed by atoms with Gasteiger partial charge in [-0.25, -0.2) is 0 Å². The van der Waals surface area contributed by atoms with E-state index >= 15 is 0 Å². The number of benzene rings is 1. The van der Waals surface area contributed by atoms with Gasteiger partial charge < -0.3 is 5.32 Å². The summed E-state index contributed by atoms with van der Waals surface area (Å²) < 4.78 is 0. The van der Waals surface area contributed by atoms with E-state index in [-0.39, 0.29) is 0 Å². The van der Waals surface area contributed by atoms with Crippen LogP contribution in [-0.2, 0) is 0 Å². The van der Waals surface area contributed by atoms with E-state index < -0.39 is 0 Å². The van der Waals surface area contributed by atoms with Gasteiger partial charge >= 0.3 is 0 Å². The van der Waals surface area contributed by atoms with Gasteiger partial charge in [-0.3, -0.25) is 4.90 Å². The van der Waals surface area contributed by atoms with Gasteiger partial charge in [-0.15, -0.1) is 0 Å². The molecule has 20 heavy (non-hydrogen) atoms. The van der Waals surface area contributed by atoms with Crippen LogP contribution in [0, 0.1) is 19.8 Å². The van der Waals surface area contributed by atoms with Gasteiger partial charge in [-0.05, 0) is 75.9 Å². The maximum Gasteiger partial charge on any atom is 0.0319 e. The molecule has 2 heteroatoms. The lowest BCUT2D eigenvalue weighted by atomic mass is 9.95. The van der Waals surface area contributed by atoms with Crippen LogP contribution in [0.4, 0.5) is 0 Å². The van der Waals surface area contributed by atoms with Gasteiger partial charge in [0.05, 0.1) is 0 Å². The zero-order chi connectivity index (χ0) is 14.5.